The molecule has 2 aliphatic heterocycles. The van der Waals surface area contributed by atoms with Crippen molar-refractivity contribution in [2.45, 2.75) is 0 Å². The van der Waals surface area contributed by atoms with Crippen LogP contribution < -0.4 is 16.4 Å². The van der Waals surface area contributed by atoms with Crippen molar-refractivity contribution in [2.24, 2.45) is 0 Å². The smallest absolute Gasteiger partial charge is 0.252 e. The highest BCUT2D eigenvalue weighted by atomic mass is 15.2. The molecule has 0 saturated carbocycles. The third kappa shape index (κ3) is 3.56. The van der Waals surface area contributed by atoms with E-state index in [2.05, 4.69) is 152 Å². The van der Waals surface area contributed by atoms with Crippen molar-refractivity contribution >= 4 is 89.0 Å². The summed E-state index contributed by atoms with van der Waals surface area (Å²) in [4.78, 5) is 20.1. The van der Waals surface area contributed by atoms with E-state index < -0.39 is 0 Å². The zero-order chi connectivity index (χ0) is 36.9. The first-order valence-corrected chi connectivity index (χ1v) is 19.3. The Morgan fingerprint density at radius 2 is 0.895 bits per heavy atom. The number of pyridine rings is 2. The second-order valence-electron chi connectivity index (χ2n) is 15.1. The van der Waals surface area contributed by atoms with Crippen LogP contribution in [0.2, 0.25) is 0 Å². The zero-order valence-corrected chi connectivity index (χ0v) is 30.2. The van der Waals surface area contributed by atoms with E-state index >= 15 is 0 Å². The molecule has 0 radical (unpaired) electrons. The quantitative estimate of drug-likeness (QED) is 0.172. The SMILES string of the molecule is c1ccc(-n2c3ccccc3c3c4nccc5c4n(c32)-c2cc(-c3ncccn3)cc3c2B5c2ccnc4c5c6ccccc6n(-c6ccccc6)c5n-3c24)cc1. The largest absolute Gasteiger partial charge is 0.295 e. The van der Waals surface area contributed by atoms with Crippen molar-refractivity contribution < 1.29 is 0 Å². The van der Waals surface area contributed by atoms with Crippen molar-refractivity contribution in [3.63, 3.8) is 0 Å². The topological polar surface area (TPSA) is 71.3 Å². The minimum atomic E-state index is -0.0670. The van der Waals surface area contributed by atoms with Crippen molar-refractivity contribution in [1.29, 1.82) is 0 Å². The average molecular weight is 727 g/mol. The van der Waals surface area contributed by atoms with Crippen LogP contribution in [-0.4, -0.2) is 44.9 Å². The van der Waals surface area contributed by atoms with Gasteiger partial charge in [-0.15, -0.1) is 0 Å². The van der Waals surface area contributed by atoms with E-state index in [1.165, 1.54) is 27.2 Å². The average Bonchev–Trinajstić information content (AvgIpc) is 4.00. The molecule has 0 unspecified atom stereocenters. The van der Waals surface area contributed by atoms with Crippen LogP contribution in [0.5, 0.6) is 0 Å². The van der Waals surface area contributed by atoms with E-state index in [0.29, 0.717) is 5.82 Å². The standard InChI is InChI=1S/C48H27BN8/c1-3-12-29(13-4-1)54-35-18-9-7-16-31(35)39-42-44-33(20-24-50-42)49-34-21-25-51-43-40-32-17-8-10-19-36(32)55(30-14-5-2-6-15-30)48(40)57(45(34)43)38-27-28(46-52-22-11-23-53-46)26-37(41(38)49)56(44)47(39)54/h1-27H. The van der Waals surface area contributed by atoms with Crippen molar-refractivity contribution in [2.75, 3.05) is 0 Å². The molecule has 0 spiro atoms. The lowest BCUT2D eigenvalue weighted by molar-refractivity contribution is 1.05. The summed E-state index contributed by atoms with van der Waals surface area (Å²) in [6, 6.07) is 49.8. The molecule has 0 saturated heterocycles. The van der Waals surface area contributed by atoms with Crippen LogP contribution in [0.15, 0.2) is 164 Å². The Balaban J connectivity index is 1.24. The van der Waals surface area contributed by atoms with Crippen molar-refractivity contribution in [1.82, 2.24) is 38.2 Å². The zero-order valence-electron chi connectivity index (χ0n) is 30.2. The van der Waals surface area contributed by atoms with Crippen LogP contribution in [0.3, 0.4) is 0 Å². The maximum atomic E-state index is 5.21. The van der Waals surface area contributed by atoms with Crippen molar-refractivity contribution in [3.05, 3.63) is 164 Å². The molecule has 5 aromatic carbocycles. The maximum Gasteiger partial charge on any atom is 0.252 e. The molecule has 9 heterocycles. The second-order valence-corrected chi connectivity index (χ2v) is 15.1. The lowest BCUT2D eigenvalue weighted by Crippen LogP contribution is -2.59. The highest BCUT2D eigenvalue weighted by Gasteiger charge is 2.43. The molecule has 0 bridgehead atoms. The summed E-state index contributed by atoms with van der Waals surface area (Å²) in [6.45, 7) is -0.0670. The van der Waals surface area contributed by atoms with Gasteiger partial charge in [0.05, 0.1) is 43.9 Å². The fourth-order valence-corrected chi connectivity index (χ4v) is 10.3. The predicted octanol–water partition coefficient (Wildman–Crippen LogP) is 8.16. The fraction of sp³-hybridized carbons (Fsp3) is 0. The van der Waals surface area contributed by atoms with E-state index in [1.54, 1.807) is 0 Å². The first-order valence-electron chi connectivity index (χ1n) is 19.3. The van der Waals surface area contributed by atoms with Gasteiger partial charge in [0.25, 0.3) is 6.71 Å². The minimum Gasteiger partial charge on any atom is -0.295 e. The number of benzene rings is 5. The van der Waals surface area contributed by atoms with E-state index in [-0.39, 0.29) is 6.71 Å². The first-order chi connectivity index (χ1) is 28.3. The van der Waals surface area contributed by atoms with Crippen LogP contribution in [0.4, 0.5) is 0 Å². The lowest BCUT2D eigenvalue weighted by atomic mass is 9.34. The highest BCUT2D eigenvalue weighted by molar-refractivity contribution is 7.00. The maximum absolute atomic E-state index is 5.21. The molecule has 57 heavy (non-hydrogen) atoms. The lowest BCUT2D eigenvalue weighted by Gasteiger charge is -2.34. The van der Waals surface area contributed by atoms with Gasteiger partial charge in [-0.2, -0.15) is 0 Å². The fourth-order valence-electron chi connectivity index (χ4n) is 10.3. The van der Waals surface area contributed by atoms with Crippen LogP contribution in [0, 0.1) is 0 Å². The molecule has 9 heteroatoms. The first kappa shape index (κ1) is 29.6. The molecule has 0 aliphatic carbocycles. The molecule has 8 nitrogen and oxygen atoms in total. The van der Waals surface area contributed by atoms with Gasteiger partial charge in [0.1, 0.15) is 11.3 Å². The number of rotatable bonds is 3. The molecular formula is C48H27BN8. The monoisotopic (exact) mass is 726 g/mol. The minimum absolute atomic E-state index is 0.0670. The summed E-state index contributed by atoms with van der Waals surface area (Å²) in [5.74, 6) is 0.675. The molecule has 2 aliphatic rings. The molecule has 0 amide bonds. The Hall–Kier alpha value is -7.78. The van der Waals surface area contributed by atoms with Gasteiger partial charge in [0.15, 0.2) is 5.82 Å². The summed E-state index contributed by atoms with van der Waals surface area (Å²) in [7, 11) is 0. The number of hydrogen-bond donors (Lipinski definition) is 0. The third-order valence-electron chi connectivity index (χ3n) is 12.3. The van der Waals surface area contributed by atoms with Crippen LogP contribution in [0.25, 0.3) is 100 Å². The Morgan fingerprint density at radius 3 is 1.40 bits per heavy atom. The Morgan fingerprint density at radius 1 is 0.421 bits per heavy atom. The van der Waals surface area contributed by atoms with Crippen LogP contribution in [-0.2, 0) is 0 Å². The molecule has 0 fully saturated rings. The number of hydrogen-bond acceptors (Lipinski definition) is 4. The molecule has 14 rings (SSSR count). The molecule has 0 N–H and O–H groups in total. The van der Waals surface area contributed by atoms with Gasteiger partial charge in [-0.25, -0.2) is 9.97 Å². The van der Waals surface area contributed by atoms with Gasteiger partial charge in [-0.3, -0.25) is 28.2 Å². The molecule has 0 atom stereocenters. The number of para-hydroxylation sites is 4. The van der Waals surface area contributed by atoms with Crippen LogP contribution in [0.1, 0.15) is 0 Å². The molecule has 7 aromatic heterocycles. The number of aromatic nitrogens is 8. The van der Waals surface area contributed by atoms with Gasteiger partial charge in [-0.05, 0) is 83.1 Å². The van der Waals surface area contributed by atoms with Crippen LogP contribution >= 0.6 is 0 Å². The van der Waals surface area contributed by atoms with Gasteiger partial charge in [-0.1, -0.05) is 72.8 Å². The summed E-state index contributed by atoms with van der Waals surface area (Å²) < 4.78 is 9.79. The van der Waals surface area contributed by atoms with E-state index in [0.717, 1.165) is 83.5 Å². The summed E-state index contributed by atoms with van der Waals surface area (Å²) in [5, 5.41) is 4.64. The predicted molar refractivity (Wildman–Crippen MR) is 230 cm³/mol. The number of nitrogens with zero attached hydrogens (tertiary/aromatic N) is 8. The Labute approximate surface area is 324 Å². The van der Waals surface area contributed by atoms with E-state index in [4.69, 9.17) is 19.9 Å². The third-order valence-corrected chi connectivity index (χ3v) is 12.3. The van der Waals surface area contributed by atoms with E-state index in [9.17, 15) is 0 Å². The molecular weight excluding hydrogens is 699 g/mol. The highest BCUT2D eigenvalue weighted by Crippen LogP contribution is 2.45. The van der Waals surface area contributed by atoms with Gasteiger partial charge >= 0.3 is 0 Å². The molecule has 12 aromatic rings. The number of fused-ring (bicyclic) bond motifs is 14. The summed E-state index contributed by atoms with van der Waals surface area (Å²) >= 11 is 0. The second kappa shape index (κ2) is 10.5. The van der Waals surface area contributed by atoms with Gasteiger partial charge in [0, 0.05) is 63.9 Å². The normalized spacial score (nSPS) is 12.9. The Bertz CT molecular complexity index is 3470. The van der Waals surface area contributed by atoms with E-state index in [1.807, 2.05) is 30.9 Å². The molecule has 262 valence electrons. The summed E-state index contributed by atoms with van der Waals surface area (Å²) in [5.41, 5.74) is 17.7. The van der Waals surface area contributed by atoms with Gasteiger partial charge < -0.3 is 0 Å². The summed E-state index contributed by atoms with van der Waals surface area (Å²) in [6.07, 6.45) is 7.67. The van der Waals surface area contributed by atoms with Crippen molar-refractivity contribution in [3.8, 4) is 34.1 Å². The van der Waals surface area contributed by atoms with Gasteiger partial charge in [0.2, 0.25) is 0 Å². The Kier molecular flexibility index (Phi) is 5.44.